The Morgan fingerprint density at radius 2 is 2.23 bits per heavy atom. The van der Waals surface area contributed by atoms with Gasteiger partial charge in [0, 0.05) is 4.47 Å². The minimum atomic E-state index is -0.389. The molecule has 0 saturated carbocycles. The van der Waals surface area contributed by atoms with Crippen LogP contribution >= 0.6 is 15.9 Å². The molecule has 1 aromatic rings. The van der Waals surface area contributed by atoms with E-state index in [1.807, 2.05) is 6.92 Å². The third-order valence-corrected chi connectivity index (χ3v) is 2.25. The Hall–Kier alpha value is -0.700. The third kappa shape index (κ3) is 2.37. The number of rotatable bonds is 3. The van der Waals surface area contributed by atoms with Crippen molar-refractivity contribution in [2.24, 2.45) is 0 Å². The van der Waals surface area contributed by atoms with Crippen LogP contribution in [-0.2, 0) is 6.42 Å². The van der Waals surface area contributed by atoms with Gasteiger partial charge >= 0.3 is 0 Å². The van der Waals surface area contributed by atoms with Crippen LogP contribution in [0.2, 0.25) is 0 Å². The van der Waals surface area contributed by atoms with Gasteiger partial charge in [-0.2, -0.15) is 0 Å². The molecular formula is C10H10BrFO. The van der Waals surface area contributed by atoms with Crippen LogP contribution in [0.1, 0.15) is 29.3 Å². The third-order valence-electron chi connectivity index (χ3n) is 1.79. The highest BCUT2D eigenvalue weighted by Crippen LogP contribution is 2.20. The number of carbonyl (C=O) groups excluding carboxylic acids is 1. The number of hydrogen-bond acceptors (Lipinski definition) is 1. The zero-order valence-electron chi connectivity index (χ0n) is 7.31. The van der Waals surface area contributed by atoms with Gasteiger partial charge in [-0.05, 0) is 24.1 Å². The molecule has 13 heavy (non-hydrogen) atoms. The predicted molar refractivity (Wildman–Crippen MR) is 53.5 cm³/mol. The number of aldehydes is 1. The van der Waals surface area contributed by atoms with E-state index in [4.69, 9.17) is 0 Å². The fourth-order valence-corrected chi connectivity index (χ4v) is 1.73. The van der Waals surface area contributed by atoms with Crippen molar-refractivity contribution >= 4 is 22.2 Å². The summed E-state index contributed by atoms with van der Waals surface area (Å²) in [5, 5.41) is 0. The molecule has 1 nitrogen and oxygen atoms in total. The van der Waals surface area contributed by atoms with E-state index in [1.165, 1.54) is 6.07 Å². The largest absolute Gasteiger partial charge is 0.298 e. The Bertz CT molecular complexity index is 323. The molecule has 0 aromatic heterocycles. The quantitative estimate of drug-likeness (QED) is 0.746. The fraction of sp³-hybridized carbons (Fsp3) is 0.300. The average Bonchev–Trinajstić information content (AvgIpc) is 2.11. The first-order valence-electron chi connectivity index (χ1n) is 4.12. The van der Waals surface area contributed by atoms with E-state index < -0.39 is 0 Å². The summed E-state index contributed by atoms with van der Waals surface area (Å²) in [6.07, 6.45) is 2.07. The highest BCUT2D eigenvalue weighted by Gasteiger charge is 2.08. The first-order valence-corrected chi connectivity index (χ1v) is 4.91. The summed E-state index contributed by atoms with van der Waals surface area (Å²) in [5.74, 6) is -0.389. The lowest BCUT2D eigenvalue weighted by molar-refractivity contribution is 0.111. The van der Waals surface area contributed by atoms with Gasteiger partial charge in [0.1, 0.15) is 5.82 Å². The molecule has 0 aliphatic carbocycles. The molecule has 0 spiro atoms. The van der Waals surface area contributed by atoms with E-state index in [-0.39, 0.29) is 11.4 Å². The highest BCUT2D eigenvalue weighted by molar-refractivity contribution is 9.10. The Morgan fingerprint density at radius 1 is 1.54 bits per heavy atom. The van der Waals surface area contributed by atoms with Crippen molar-refractivity contribution < 1.29 is 9.18 Å². The SMILES string of the molecule is CCCc1cc(Br)cc(C=O)c1F. The van der Waals surface area contributed by atoms with Crippen LogP contribution < -0.4 is 0 Å². The van der Waals surface area contributed by atoms with Gasteiger partial charge in [-0.3, -0.25) is 4.79 Å². The van der Waals surface area contributed by atoms with Gasteiger partial charge in [-0.25, -0.2) is 4.39 Å². The first kappa shape index (κ1) is 10.4. The molecule has 0 aliphatic heterocycles. The van der Waals surface area contributed by atoms with Crippen LogP contribution in [-0.4, -0.2) is 6.29 Å². The lowest BCUT2D eigenvalue weighted by atomic mass is 10.1. The maximum Gasteiger partial charge on any atom is 0.153 e. The summed E-state index contributed by atoms with van der Waals surface area (Å²) in [6.45, 7) is 1.97. The first-order chi connectivity index (χ1) is 6.19. The van der Waals surface area contributed by atoms with Crippen molar-refractivity contribution in [3.8, 4) is 0 Å². The number of halogens is 2. The van der Waals surface area contributed by atoms with Crippen molar-refractivity contribution in [3.05, 3.63) is 33.5 Å². The van der Waals surface area contributed by atoms with Gasteiger partial charge in [-0.1, -0.05) is 29.3 Å². The lowest BCUT2D eigenvalue weighted by Crippen LogP contribution is -1.95. The summed E-state index contributed by atoms with van der Waals surface area (Å²) in [7, 11) is 0. The van der Waals surface area contributed by atoms with Crippen molar-refractivity contribution in [1.29, 1.82) is 0 Å². The van der Waals surface area contributed by atoms with E-state index >= 15 is 0 Å². The highest BCUT2D eigenvalue weighted by atomic mass is 79.9. The normalized spacial score (nSPS) is 10.1. The van der Waals surface area contributed by atoms with E-state index in [0.29, 0.717) is 18.3 Å². The second-order valence-electron chi connectivity index (χ2n) is 2.84. The Labute approximate surface area is 85.1 Å². The standard InChI is InChI=1S/C10H10BrFO/c1-2-3-7-4-9(11)5-8(6-13)10(7)12/h4-6H,2-3H2,1H3. The molecule has 0 fully saturated rings. The van der Waals surface area contributed by atoms with E-state index in [9.17, 15) is 9.18 Å². The minimum Gasteiger partial charge on any atom is -0.298 e. The Balaban J connectivity index is 3.18. The van der Waals surface area contributed by atoms with Crippen LogP contribution in [0.4, 0.5) is 4.39 Å². The summed E-state index contributed by atoms with van der Waals surface area (Å²) in [6, 6.07) is 3.20. The fourth-order valence-electron chi connectivity index (χ4n) is 1.21. The summed E-state index contributed by atoms with van der Waals surface area (Å²) in [4.78, 5) is 10.5. The van der Waals surface area contributed by atoms with Crippen molar-refractivity contribution in [1.82, 2.24) is 0 Å². The minimum absolute atomic E-state index is 0.123. The van der Waals surface area contributed by atoms with Crippen LogP contribution in [0.25, 0.3) is 0 Å². The second-order valence-corrected chi connectivity index (χ2v) is 3.75. The molecule has 0 atom stereocenters. The van der Waals surface area contributed by atoms with Crippen molar-refractivity contribution in [3.63, 3.8) is 0 Å². The summed E-state index contributed by atoms with van der Waals surface area (Å²) < 4.78 is 14.1. The van der Waals surface area contributed by atoms with E-state index in [0.717, 1.165) is 10.9 Å². The van der Waals surface area contributed by atoms with Crippen LogP contribution in [0, 0.1) is 5.82 Å². The molecular weight excluding hydrogens is 235 g/mol. The maximum absolute atomic E-state index is 13.4. The van der Waals surface area contributed by atoms with E-state index in [1.54, 1.807) is 6.07 Å². The molecule has 70 valence electrons. The summed E-state index contributed by atoms with van der Waals surface area (Å²) in [5.41, 5.74) is 0.719. The molecule has 0 heterocycles. The molecule has 0 unspecified atom stereocenters. The Kier molecular flexibility index (Phi) is 3.60. The zero-order valence-corrected chi connectivity index (χ0v) is 8.90. The molecule has 3 heteroatoms. The molecule has 0 radical (unpaired) electrons. The monoisotopic (exact) mass is 244 g/mol. The van der Waals surface area contributed by atoms with Crippen LogP contribution in [0.3, 0.4) is 0 Å². The molecule has 0 N–H and O–H groups in total. The topological polar surface area (TPSA) is 17.1 Å². The Morgan fingerprint density at radius 3 is 2.77 bits per heavy atom. The number of carbonyl (C=O) groups is 1. The molecule has 1 aromatic carbocycles. The van der Waals surface area contributed by atoms with Gasteiger partial charge in [0.2, 0.25) is 0 Å². The smallest absolute Gasteiger partial charge is 0.153 e. The van der Waals surface area contributed by atoms with Gasteiger partial charge in [0.25, 0.3) is 0 Å². The van der Waals surface area contributed by atoms with Crippen molar-refractivity contribution in [2.75, 3.05) is 0 Å². The van der Waals surface area contributed by atoms with Crippen LogP contribution in [0.15, 0.2) is 16.6 Å². The molecule has 0 aliphatic rings. The molecule has 1 rings (SSSR count). The van der Waals surface area contributed by atoms with Gasteiger partial charge in [0.05, 0.1) is 5.56 Å². The van der Waals surface area contributed by atoms with Gasteiger partial charge in [-0.15, -0.1) is 0 Å². The average molecular weight is 245 g/mol. The van der Waals surface area contributed by atoms with Gasteiger partial charge < -0.3 is 0 Å². The number of hydrogen-bond donors (Lipinski definition) is 0. The van der Waals surface area contributed by atoms with Crippen molar-refractivity contribution in [2.45, 2.75) is 19.8 Å². The zero-order chi connectivity index (χ0) is 9.84. The molecule has 0 bridgehead atoms. The second kappa shape index (κ2) is 4.51. The lowest BCUT2D eigenvalue weighted by Gasteiger charge is -2.04. The van der Waals surface area contributed by atoms with Gasteiger partial charge in [0.15, 0.2) is 6.29 Å². The molecule has 0 saturated heterocycles. The summed E-state index contributed by atoms with van der Waals surface area (Å²) >= 11 is 3.23. The molecule has 0 amide bonds. The van der Waals surface area contributed by atoms with E-state index in [2.05, 4.69) is 15.9 Å². The maximum atomic E-state index is 13.4. The van der Waals surface area contributed by atoms with Crippen LogP contribution in [0.5, 0.6) is 0 Å². The predicted octanol–water partition coefficient (Wildman–Crippen LogP) is 3.35. The number of aryl methyl sites for hydroxylation is 1. The number of benzene rings is 1.